The maximum Gasteiger partial charge on any atom is 0 e. The van der Waals surface area contributed by atoms with Crippen LogP contribution in [-0.4, -0.2) is 5.75 Å². The number of hydrogen-bond acceptors (Lipinski definition) is 1. The minimum absolute atomic E-state index is 0. The van der Waals surface area contributed by atoms with Crippen LogP contribution in [0.15, 0.2) is 0 Å². The minimum atomic E-state index is 0. The molecule has 1 nitrogen and oxygen atoms in total. The van der Waals surface area contributed by atoms with E-state index in [1.165, 1.54) is 0 Å². The van der Waals surface area contributed by atoms with Crippen molar-refractivity contribution in [3.63, 3.8) is 0 Å². The molecule has 24 valence electrons. The SMILES string of the molecule is O=[C-]Cl.[Cr]. The van der Waals surface area contributed by atoms with E-state index in [9.17, 15) is 0 Å². The molecule has 0 aromatic heterocycles. The maximum absolute atomic E-state index is 8.45. The molecule has 0 unspecified atom stereocenters. The number of carbonyl (C=O) groups excluding carboxylic acids is 1. The van der Waals surface area contributed by atoms with Crippen LogP contribution in [0.5, 0.6) is 0 Å². The standard InChI is InChI=1S/CClO.Cr/c2-1-3;/q-1;. The molecular formula is CClCrO-. The van der Waals surface area contributed by atoms with Crippen molar-refractivity contribution in [2.75, 3.05) is 0 Å². The predicted octanol–water partition coefficient (Wildman–Crippen LogP) is 0.290. The molecule has 0 heterocycles. The fraction of sp³-hybridized carbons (Fsp3) is 0. The predicted molar refractivity (Wildman–Crippen MR) is 11.5 cm³/mol. The van der Waals surface area contributed by atoms with Crippen molar-refractivity contribution in [1.29, 1.82) is 0 Å². The molecule has 0 aliphatic heterocycles. The summed E-state index contributed by atoms with van der Waals surface area (Å²) in [7, 11) is 0. The van der Waals surface area contributed by atoms with Crippen LogP contribution >= 0.6 is 11.6 Å². The third-order valence-electron chi connectivity index (χ3n) is 0. The molecule has 0 saturated heterocycles. The second-order valence-corrected chi connectivity index (χ2v) is 0.231. The summed E-state index contributed by atoms with van der Waals surface area (Å²) in [6.45, 7) is 0. The summed E-state index contributed by atoms with van der Waals surface area (Å²) < 4.78 is 0. The minimum Gasteiger partial charge on any atom is -0.525 e. The first-order valence-corrected chi connectivity index (χ1v) is 0.771. The quantitative estimate of drug-likeness (QED) is 0.328. The molecule has 3 heteroatoms. The molecule has 0 radical (unpaired) electrons. The van der Waals surface area contributed by atoms with Gasteiger partial charge in [-0.2, -0.15) is 5.75 Å². The molecule has 0 aromatic rings. The van der Waals surface area contributed by atoms with Gasteiger partial charge < -0.3 is 16.4 Å². The molecule has 0 fully saturated rings. The molecule has 0 aliphatic carbocycles. The van der Waals surface area contributed by atoms with Crippen molar-refractivity contribution in [2.45, 2.75) is 0 Å². The van der Waals surface area contributed by atoms with E-state index in [1.807, 2.05) is 0 Å². The molecule has 0 aromatic carbocycles. The summed E-state index contributed by atoms with van der Waals surface area (Å²) >= 11 is 4.19. The van der Waals surface area contributed by atoms with E-state index < -0.39 is 0 Å². The Bertz CT molecular complexity index is 15.5. The molecule has 4 heavy (non-hydrogen) atoms. The molecule has 0 bridgehead atoms. The summed E-state index contributed by atoms with van der Waals surface area (Å²) in [5.41, 5.74) is 0. The molecular weight excluding hydrogens is 115 g/mol. The Kier molecular flexibility index (Phi) is 21.5. The van der Waals surface area contributed by atoms with Gasteiger partial charge in [-0.15, -0.1) is 0 Å². The Morgan fingerprint density at radius 2 is 1.75 bits per heavy atom. The van der Waals surface area contributed by atoms with Gasteiger partial charge in [0.1, 0.15) is 0 Å². The van der Waals surface area contributed by atoms with Gasteiger partial charge in [0.2, 0.25) is 0 Å². The van der Waals surface area contributed by atoms with Crippen LogP contribution in [0.4, 0.5) is 0 Å². The Hall–Kier alpha value is 0.492. The molecule has 0 spiro atoms. The van der Waals surface area contributed by atoms with E-state index in [2.05, 4.69) is 11.6 Å². The van der Waals surface area contributed by atoms with Gasteiger partial charge in [0.05, 0.1) is 0 Å². The first-order chi connectivity index (χ1) is 1.41. The first kappa shape index (κ1) is 8.82. The summed E-state index contributed by atoms with van der Waals surface area (Å²) in [6.07, 6.45) is 0. The zero-order chi connectivity index (χ0) is 2.71. The van der Waals surface area contributed by atoms with Crippen molar-refractivity contribution >= 4 is 17.3 Å². The van der Waals surface area contributed by atoms with Gasteiger partial charge in [-0.05, 0) is 0 Å². The van der Waals surface area contributed by atoms with Crippen LogP contribution in [0.3, 0.4) is 0 Å². The molecule has 0 atom stereocenters. The van der Waals surface area contributed by atoms with Gasteiger partial charge in [-0.1, -0.05) is 0 Å². The zero-order valence-electron chi connectivity index (χ0n) is 1.69. The number of hydrogen-bond donors (Lipinski definition) is 0. The van der Waals surface area contributed by atoms with Gasteiger partial charge in [-0.25, -0.2) is 0 Å². The first-order valence-electron chi connectivity index (χ1n) is 0.393. The Morgan fingerprint density at radius 1 is 1.75 bits per heavy atom. The van der Waals surface area contributed by atoms with Crippen molar-refractivity contribution in [1.82, 2.24) is 0 Å². The van der Waals surface area contributed by atoms with Crippen LogP contribution in [0, 0.1) is 0 Å². The van der Waals surface area contributed by atoms with Crippen molar-refractivity contribution in [3.05, 3.63) is 0 Å². The monoisotopic (exact) mass is 115 g/mol. The van der Waals surface area contributed by atoms with Crippen LogP contribution in [-0.2, 0) is 22.2 Å². The molecule has 0 rings (SSSR count). The molecule has 0 saturated carbocycles. The van der Waals surface area contributed by atoms with E-state index in [0.717, 1.165) is 5.75 Å². The van der Waals surface area contributed by atoms with Gasteiger partial charge in [0.25, 0.3) is 0 Å². The second-order valence-electron chi connectivity index (χ2n) is 0.0772. The van der Waals surface area contributed by atoms with E-state index in [-0.39, 0.29) is 17.4 Å². The normalized spacial score (nSPS) is 3.25. The molecule has 0 amide bonds. The Labute approximate surface area is 40.1 Å². The van der Waals surface area contributed by atoms with Gasteiger partial charge in [0, 0.05) is 17.4 Å². The third-order valence-corrected chi connectivity index (χ3v) is 0. The van der Waals surface area contributed by atoms with E-state index in [1.54, 1.807) is 0 Å². The molecule has 0 aliphatic rings. The van der Waals surface area contributed by atoms with E-state index >= 15 is 0 Å². The topological polar surface area (TPSA) is 17.1 Å². The van der Waals surface area contributed by atoms with Crippen molar-refractivity contribution in [3.8, 4) is 0 Å². The van der Waals surface area contributed by atoms with Crippen LogP contribution in [0.2, 0.25) is 0 Å². The average Bonchev–Trinajstić information content (AvgIpc) is 0.918. The summed E-state index contributed by atoms with van der Waals surface area (Å²) in [5, 5.41) is 0. The zero-order valence-corrected chi connectivity index (χ0v) is 3.73. The fourth-order valence-corrected chi connectivity index (χ4v) is 0. The Morgan fingerprint density at radius 3 is 1.75 bits per heavy atom. The maximum atomic E-state index is 8.45. The van der Waals surface area contributed by atoms with E-state index in [4.69, 9.17) is 4.79 Å². The van der Waals surface area contributed by atoms with Crippen molar-refractivity contribution < 1.29 is 22.2 Å². The summed E-state index contributed by atoms with van der Waals surface area (Å²) in [4.78, 5) is 8.45. The van der Waals surface area contributed by atoms with Crippen LogP contribution in [0.25, 0.3) is 0 Å². The molecule has 0 N–H and O–H groups in total. The Balaban J connectivity index is 0. The average molecular weight is 115 g/mol. The van der Waals surface area contributed by atoms with Gasteiger partial charge >= 0.3 is 0 Å². The fourth-order valence-electron chi connectivity index (χ4n) is 0. The second kappa shape index (κ2) is 9.74. The smallest absolute Gasteiger partial charge is 0 e. The summed E-state index contributed by atoms with van der Waals surface area (Å²) in [6, 6.07) is 0. The van der Waals surface area contributed by atoms with Gasteiger partial charge in [0.15, 0.2) is 0 Å². The number of halogens is 1. The largest absolute Gasteiger partial charge is 0.525 e. The van der Waals surface area contributed by atoms with Crippen LogP contribution < -0.4 is 0 Å². The van der Waals surface area contributed by atoms with Gasteiger partial charge in [-0.3, -0.25) is 0 Å². The summed E-state index contributed by atoms with van der Waals surface area (Å²) in [5.74, 6) is 0.972. The van der Waals surface area contributed by atoms with Crippen LogP contribution in [0.1, 0.15) is 0 Å². The third kappa shape index (κ3) is 22.9. The van der Waals surface area contributed by atoms with Crippen molar-refractivity contribution in [2.24, 2.45) is 0 Å². The number of rotatable bonds is 0. The van der Waals surface area contributed by atoms with E-state index in [0.29, 0.717) is 0 Å².